The molecule has 5 heteroatoms. The Kier molecular flexibility index (Phi) is 13.9. The number of carbonyl (C=O) groups excluding carboxylic acids is 1. The summed E-state index contributed by atoms with van der Waals surface area (Å²) in [5, 5.41) is 4.03. The molecule has 0 bridgehead atoms. The number of anilines is 1. The summed E-state index contributed by atoms with van der Waals surface area (Å²) in [4.78, 5) is 12.8. The Morgan fingerprint density at radius 1 is 0.829 bits per heavy atom. The third-order valence-electron chi connectivity index (χ3n) is 7.64. The zero-order valence-corrected chi connectivity index (χ0v) is 23.7. The van der Waals surface area contributed by atoms with Crippen molar-refractivity contribution in [3.05, 3.63) is 48.2 Å². The highest BCUT2D eigenvalue weighted by molar-refractivity contribution is 6.91. The number of unbranched alkanes of at least 4 members (excludes halogenated alkanes) is 9. The summed E-state index contributed by atoms with van der Waals surface area (Å²) >= 11 is 0. The Morgan fingerprint density at radius 3 is 1.97 bits per heavy atom. The van der Waals surface area contributed by atoms with Crippen LogP contribution >= 0.6 is 0 Å². The number of ether oxygens (including phenoxy) is 1. The molecule has 0 saturated heterocycles. The predicted molar refractivity (Wildman–Crippen MR) is 151 cm³/mol. The Hall–Kier alpha value is -2.01. The zero-order valence-electron chi connectivity index (χ0n) is 22.7. The van der Waals surface area contributed by atoms with Crippen LogP contribution in [0.25, 0.3) is 0 Å². The molecule has 196 valence electrons. The quantitative estimate of drug-likeness (QED) is 0.164. The van der Waals surface area contributed by atoms with Gasteiger partial charge in [0.05, 0.1) is 11.6 Å². The summed E-state index contributed by atoms with van der Waals surface area (Å²) in [5.74, 6) is 0. The first-order valence-electron chi connectivity index (χ1n) is 14.2. The molecule has 35 heavy (non-hydrogen) atoms. The van der Waals surface area contributed by atoms with Crippen molar-refractivity contribution in [3.8, 4) is 0 Å². The SMILES string of the molecule is CCCCCCCCCCCCC(OC(=O)Nc1ccccc1)c1ccoc1[Si](CC)(CC)CC. The fraction of sp³-hybridized carbons (Fsp3) is 0.633. The van der Waals surface area contributed by atoms with Crippen molar-refractivity contribution >= 4 is 25.2 Å². The maximum atomic E-state index is 12.8. The Labute approximate surface area is 215 Å². The number of amides is 1. The molecule has 4 nitrogen and oxygen atoms in total. The van der Waals surface area contributed by atoms with E-state index in [0.717, 1.165) is 47.6 Å². The van der Waals surface area contributed by atoms with Crippen molar-refractivity contribution in [3.63, 3.8) is 0 Å². The second-order valence-electron chi connectivity index (χ2n) is 9.90. The van der Waals surface area contributed by atoms with Crippen LogP contribution < -0.4 is 10.7 Å². The minimum Gasteiger partial charge on any atom is -0.474 e. The standard InChI is InChI=1S/C30H49NO3Si/c1-5-9-10-11-12-13-14-15-16-20-23-28(34-30(32)31-26-21-18-17-19-22-26)27-24-25-33-29(27)35(6-2,7-3)8-4/h17-19,21-22,24-25,28H,5-16,20,23H2,1-4H3,(H,31,32). The van der Waals surface area contributed by atoms with E-state index in [1.807, 2.05) is 30.3 Å². The third-order valence-corrected chi connectivity index (χ3v) is 13.1. The van der Waals surface area contributed by atoms with E-state index in [1.54, 1.807) is 6.26 Å². The van der Waals surface area contributed by atoms with Gasteiger partial charge >= 0.3 is 6.09 Å². The Bertz CT molecular complexity index is 808. The maximum Gasteiger partial charge on any atom is 0.412 e. The van der Waals surface area contributed by atoms with Crippen LogP contribution in [0.1, 0.15) is 110 Å². The second kappa shape index (κ2) is 16.6. The van der Waals surface area contributed by atoms with Crippen LogP contribution in [0.3, 0.4) is 0 Å². The highest BCUT2D eigenvalue weighted by Gasteiger charge is 2.37. The summed E-state index contributed by atoms with van der Waals surface area (Å²) in [7, 11) is -1.73. The van der Waals surface area contributed by atoms with Crippen LogP contribution in [-0.4, -0.2) is 14.2 Å². The summed E-state index contributed by atoms with van der Waals surface area (Å²) in [6.45, 7) is 9.12. The second-order valence-corrected chi connectivity index (χ2v) is 15.0. The Balaban J connectivity index is 1.99. The molecule has 0 saturated carbocycles. The van der Waals surface area contributed by atoms with Gasteiger partial charge in [0.1, 0.15) is 14.2 Å². The van der Waals surface area contributed by atoms with Crippen molar-refractivity contribution in [2.75, 3.05) is 5.32 Å². The van der Waals surface area contributed by atoms with E-state index in [2.05, 4.69) is 39.1 Å². The normalized spacial score (nSPS) is 12.5. The molecule has 1 aromatic heterocycles. The van der Waals surface area contributed by atoms with Gasteiger partial charge in [0.2, 0.25) is 0 Å². The number of nitrogens with one attached hydrogen (secondary N) is 1. The lowest BCUT2D eigenvalue weighted by molar-refractivity contribution is 0.104. The number of furan rings is 1. The van der Waals surface area contributed by atoms with Gasteiger partial charge in [-0.15, -0.1) is 0 Å². The minimum absolute atomic E-state index is 0.266. The largest absolute Gasteiger partial charge is 0.474 e. The van der Waals surface area contributed by atoms with Crippen molar-refractivity contribution in [2.24, 2.45) is 0 Å². The van der Waals surface area contributed by atoms with Crippen LogP contribution in [0.4, 0.5) is 10.5 Å². The highest BCUT2D eigenvalue weighted by atomic mass is 28.3. The molecule has 1 N–H and O–H groups in total. The number of hydrogen-bond acceptors (Lipinski definition) is 3. The molecule has 0 aliphatic rings. The van der Waals surface area contributed by atoms with E-state index in [0.29, 0.717) is 0 Å². The van der Waals surface area contributed by atoms with Crippen molar-refractivity contribution in [1.29, 1.82) is 0 Å². The number of hydrogen-bond donors (Lipinski definition) is 1. The fourth-order valence-electron chi connectivity index (χ4n) is 5.13. The molecule has 2 rings (SSSR count). The van der Waals surface area contributed by atoms with Crippen molar-refractivity contribution < 1.29 is 13.9 Å². The fourth-order valence-corrected chi connectivity index (χ4v) is 8.77. The van der Waals surface area contributed by atoms with Gasteiger partial charge < -0.3 is 9.15 Å². The molecule has 1 aromatic carbocycles. The summed E-state index contributed by atoms with van der Waals surface area (Å²) < 4.78 is 12.2. The molecule has 1 unspecified atom stereocenters. The molecule has 0 aliphatic heterocycles. The maximum absolute atomic E-state index is 12.8. The lowest BCUT2D eigenvalue weighted by Crippen LogP contribution is -2.47. The molecule has 0 fully saturated rings. The van der Waals surface area contributed by atoms with E-state index >= 15 is 0 Å². The number of para-hydroxylation sites is 1. The van der Waals surface area contributed by atoms with Gasteiger partial charge in [-0.3, -0.25) is 5.32 Å². The van der Waals surface area contributed by atoms with E-state index in [9.17, 15) is 4.79 Å². The van der Waals surface area contributed by atoms with Gasteiger partial charge in [0.25, 0.3) is 0 Å². The van der Waals surface area contributed by atoms with E-state index in [4.69, 9.17) is 9.15 Å². The van der Waals surface area contributed by atoms with Crippen molar-refractivity contribution in [2.45, 2.75) is 123 Å². The first-order valence-corrected chi connectivity index (χ1v) is 16.8. The summed E-state index contributed by atoms with van der Waals surface area (Å²) in [6.07, 6.45) is 14.9. The molecular formula is C30H49NO3Si. The zero-order chi connectivity index (χ0) is 25.4. The molecule has 1 amide bonds. The molecule has 1 heterocycles. The molecular weight excluding hydrogens is 450 g/mol. The third kappa shape index (κ3) is 9.51. The van der Waals surface area contributed by atoms with Gasteiger partial charge in [-0.1, -0.05) is 122 Å². The monoisotopic (exact) mass is 499 g/mol. The number of carbonyl (C=O) groups is 1. The smallest absolute Gasteiger partial charge is 0.412 e. The predicted octanol–water partition coefficient (Wildman–Crippen LogP) is 9.60. The molecule has 0 spiro atoms. The molecule has 2 aromatic rings. The van der Waals surface area contributed by atoms with Crippen molar-refractivity contribution in [1.82, 2.24) is 0 Å². The molecule has 0 aliphatic carbocycles. The van der Waals surface area contributed by atoms with E-state index < -0.39 is 14.2 Å². The highest BCUT2D eigenvalue weighted by Crippen LogP contribution is 2.30. The summed E-state index contributed by atoms with van der Waals surface area (Å²) in [6, 6.07) is 15.0. The number of rotatable bonds is 18. The van der Waals surface area contributed by atoms with Gasteiger partial charge in [0.15, 0.2) is 0 Å². The van der Waals surface area contributed by atoms with Crippen LogP contribution in [-0.2, 0) is 4.74 Å². The average Bonchev–Trinajstić information content (AvgIpc) is 3.37. The minimum atomic E-state index is -1.73. The van der Waals surface area contributed by atoms with E-state index in [-0.39, 0.29) is 6.10 Å². The summed E-state index contributed by atoms with van der Waals surface area (Å²) in [5.41, 5.74) is 1.85. The molecule has 1 atom stereocenters. The van der Waals surface area contributed by atoms with Gasteiger partial charge in [0, 0.05) is 11.3 Å². The number of benzene rings is 1. The first kappa shape index (κ1) is 29.2. The Morgan fingerprint density at radius 2 is 1.40 bits per heavy atom. The average molecular weight is 500 g/mol. The van der Waals surface area contributed by atoms with Crippen LogP contribution in [0.15, 0.2) is 47.1 Å². The van der Waals surface area contributed by atoms with Crippen LogP contribution in [0.5, 0.6) is 0 Å². The lowest BCUT2D eigenvalue weighted by Gasteiger charge is -2.29. The first-order chi connectivity index (χ1) is 17.1. The van der Waals surface area contributed by atoms with Gasteiger partial charge in [-0.05, 0) is 31.0 Å². The van der Waals surface area contributed by atoms with Crippen LogP contribution in [0, 0.1) is 0 Å². The van der Waals surface area contributed by atoms with E-state index in [1.165, 1.54) is 57.8 Å². The lowest BCUT2D eigenvalue weighted by atomic mass is 10.0. The van der Waals surface area contributed by atoms with Gasteiger partial charge in [-0.25, -0.2) is 4.79 Å². The van der Waals surface area contributed by atoms with Crippen LogP contribution in [0.2, 0.25) is 18.1 Å². The molecule has 0 radical (unpaired) electrons. The topological polar surface area (TPSA) is 51.5 Å². The van der Waals surface area contributed by atoms with Gasteiger partial charge in [-0.2, -0.15) is 0 Å².